The van der Waals surface area contributed by atoms with Crippen molar-refractivity contribution in [3.8, 4) is 0 Å². The maximum atomic E-state index is 14.2. The van der Waals surface area contributed by atoms with Gasteiger partial charge in [-0.1, -0.05) is 99.4 Å². The van der Waals surface area contributed by atoms with Gasteiger partial charge in [0.1, 0.15) is 28.3 Å². The van der Waals surface area contributed by atoms with Gasteiger partial charge in [0.05, 0.1) is 38.9 Å². The second kappa shape index (κ2) is 22.0. The van der Waals surface area contributed by atoms with Crippen molar-refractivity contribution in [2.75, 3.05) is 0 Å². The highest BCUT2D eigenvalue weighted by Crippen LogP contribution is 2.50. The van der Waals surface area contributed by atoms with Crippen LogP contribution >= 0.6 is 23.2 Å². The number of aromatic nitrogens is 2. The van der Waals surface area contributed by atoms with E-state index in [0.29, 0.717) is 68.7 Å². The topological polar surface area (TPSA) is 187 Å². The average Bonchev–Trinajstić information content (AvgIpc) is 3.72. The van der Waals surface area contributed by atoms with Gasteiger partial charge in [0.25, 0.3) is 5.91 Å². The molecule has 0 N–H and O–H groups in total. The number of Topliss-reactive ketones (excluding diaryl/α,β-unsaturated/α-hetero) is 1. The second-order valence-electron chi connectivity index (χ2n) is 22.2. The number of carbonyl (C=O) groups is 6. The summed E-state index contributed by atoms with van der Waals surface area (Å²) in [6, 6.07) is 29.4. The largest absolute Gasteiger partial charge is 0.459 e. The molecule has 416 valence electrons. The SMILES string of the molecule is CCC(C)(C)OC(=O)C1C(=O)C2=C(c3ccc(Cl)cc3)N(C(=O)OC(C)(C)CC)C(=O)C2=C1c1ccc(Cl)cc1.CCC(C)(C)OC(=O)n1c2ccccc2c(=O)c2cc3c(cc21)c(=O)c1ccccc1n3C(=O)OC(C)(C)CC. The van der Waals surface area contributed by atoms with Crippen LogP contribution in [0, 0.1) is 5.92 Å². The fourth-order valence-electron chi connectivity index (χ4n) is 9.12. The maximum Gasteiger partial charge on any atom is 0.422 e. The van der Waals surface area contributed by atoms with E-state index >= 15 is 0 Å². The summed E-state index contributed by atoms with van der Waals surface area (Å²) in [5.74, 6) is -3.59. The molecular weight excluding hydrogens is 1060 g/mol. The molecule has 1 aliphatic heterocycles. The van der Waals surface area contributed by atoms with E-state index in [2.05, 4.69) is 0 Å². The van der Waals surface area contributed by atoms with E-state index in [9.17, 15) is 38.4 Å². The summed E-state index contributed by atoms with van der Waals surface area (Å²) in [7, 11) is 0. The summed E-state index contributed by atoms with van der Waals surface area (Å²) in [6.07, 6.45) is -0.112. The number of ketones is 1. The van der Waals surface area contributed by atoms with E-state index in [1.165, 1.54) is 21.3 Å². The van der Waals surface area contributed by atoms with Crippen molar-refractivity contribution in [3.63, 3.8) is 0 Å². The first kappa shape index (κ1) is 58.3. The standard InChI is InChI=1S/C32H32N2O6.C31H31Cl2NO6/c1-7-31(3,4)39-29(37)33-23-15-11-9-13-19(23)27(35)21-18-26-22(17-25(21)33)28(36)20-14-10-12-16-24(20)34(26)30(38)40-32(5,6)8-2;1-7-30(3,4)39-28(37)24-21(17-9-13-19(32)14-10-17)22-23(26(24)35)25(18-11-15-20(33)16-12-18)34(27(22)36)29(38)40-31(5,6)8-2/h9-18H,7-8H2,1-6H3;9-16,24H,7-8H2,1-6H3. The molecule has 0 radical (unpaired) electrons. The lowest BCUT2D eigenvalue weighted by molar-refractivity contribution is -0.160. The molecule has 1 atom stereocenters. The van der Waals surface area contributed by atoms with Gasteiger partial charge in [-0.05, 0) is 158 Å². The molecular formula is C63H63Cl2N3O12. The minimum absolute atomic E-state index is 0.0371. The van der Waals surface area contributed by atoms with E-state index in [-0.39, 0.29) is 55.1 Å². The zero-order valence-electron chi connectivity index (χ0n) is 46.8. The van der Waals surface area contributed by atoms with E-state index in [1.807, 2.05) is 27.7 Å². The van der Waals surface area contributed by atoms with Crippen molar-refractivity contribution in [3.05, 3.63) is 162 Å². The van der Waals surface area contributed by atoms with Gasteiger partial charge < -0.3 is 18.9 Å². The number of para-hydroxylation sites is 2. The van der Waals surface area contributed by atoms with Crippen LogP contribution in [0.2, 0.25) is 10.0 Å². The first-order valence-electron chi connectivity index (χ1n) is 26.5. The summed E-state index contributed by atoms with van der Waals surface area (Å²) < 4.78 is 25.8. The monoisotopic (exact) mass is 1120 g/mol. The van der Waals surface area contributed by atoms with Crippen molar-refractivity contribution in [1.29, 1.82) is 0 Å². The average molecular weight is 1130 g/mol. The van der Waals surface area contributed by atoms with Crippen LogP contribution in [0.4, 0.5) is 14.4 Å². The molecule has 1 aliphatic carbocycles. The van der Waals surface area contributed by atoms with Gasteiger partial charge in [0.2, 0.25) is 0 Å². The number of esters is 1. The number of rotatable bonds is 11. The molecule has 0 saturated carbocycles. The molecule has 9 rings (SSSR count). The Bertz CT molecular complexity index is 3670. The van der Waals surface area contributed by atoms with Crippen molar-refractivity contribution >= 4 is 114 Å². The number of benzene rings is 5. The molecule has 80 heavy (non-hydrogen) atoms. The third-order valence-electron chi connectivity index (χ3n) is 15.0. The van der Waals surface area contributed by atoms with Crippen LogP contribution < -0.4 is 10.9 Å². The van der Waals surface area contributed by atoms with E-state index < -0.39 is 64.3 Å². The van der Waals surface area contributed by atoms with E-state index in [4.69, 9.17) is 42.1 Å². The van der Waals surface area contributed by atoms with Crippen molar-refractivity contribution < 1.29 is 47.7 Å². The van der Waals surface area contributed by atoms with Crippen molar-refractivity contribution in [2.45, 2.75) is 131 Å². The van der Waals surface area contributed by atoms with Crippen LogP contribution in [0.5, 0.6) is 0 Å². The smallest absolute Gasteiger partial charge is 0.422 e. The molecule has 15 nitrogen and oxygen atoms in total. The predicted octanol–water partition coefficient (Wildman–Crippen LogP) is 14.2. The number of amides is 2. The summed E-state index contributed by atoms with van der Waals surface area (Å²) in [4.78, 5) is 111. The highest BCUT2D eigenvalue weighted by molar-refractivity contribution is 6.39. The first-order valence-corrected chi connectivity index (χ1v) is 27.2. The maximum absolute atomic E-state index is 14.2. The Labute approximate surface area is 472 Å². The minimum atomic E-state index is -1.41. The molecule has 0 saturated heterocycles. The van der Waals surface area contributed by atoms with Crippen LogP contribution in [0.1, 0.15) is 120 Å². The molecule has 2 aliphatic rings. The molecule has 1 unspecified atom stereocenters. The number of nitrogens with zero attached hydrogens (tertiary/aromatic N) is 3. The van der Waals surface area contributed by atoms with E-state index in [0.717, 1.165) is 4.90 Å². The number of halogens is 2. The Balaban J connectivity index is 0.000000210. The Kier molecular flexibility index (Phi) is 16.0. The minimum Gasteiger partial charge on any atom is -0.459 e. The summed E-state index contributed by atoms with van der Waals surface area (Å²) in [6.45, 7) is 21.7. The molecule has 0 bridgehead atoms. The lowest BCUT2D eigenvalue weighted by Gasteiger charge is -2.28. The summed E-state index contributed by atoms with van der Waals surface area (Å²) in [5.41, 5.74) is -1.80. The quantitative estimate of drug-likeness (QED) is 0.0517. The van der Waals surface area contributed by atoms with Gasteiger partial charge in [0.15, 0.2) is 16.6 Å². The number of fused-ring (bicyclic) bond motifs is 5. The molecule has 5 aromatic carbocycles. The molecule has 7 aromatic rings. The van der Waals surface area contributed by atoms with Crippen LogP contribution in [0.25, 0.3) is 54.9 Å². The van der Waals surface area contributed by atoms with Crippen molar-refractivity contribution in [2.24, 2.45) is 5.92 Å². The second-order valence-corrected chi connectivity index (χ2v) is 23.1. The molecule has 0 fully saturated rings. The highest BCUT2D eigenvalue weighted by Gasteiger charge is 2.55. The molecule has 0 spiro atoms. The van der Waals surface area contributed by atoms with Gasteiger partial charge >= 0.3 is 24.2 Å². The Hall–Kier alpha value is -7.88. The fraction of sp³-hybridized carbons (Fsp3) is 0.333. The summed E-state index contributed by atoms with van der Waals surface area (Å²) >= 11 is 12.2. The number of pyridine rings is 2. The van der Waals surface area contributed by atoms with Gasteiger partial charge in [-0.3, -0.25) is 24.0 Å². The predicted molar refractivity (Wildman–Crippen MR) is 311 cm³/mol. The number of hydrogen-bond acceptors (Lipinski definition) is 12. The number of hydrogen-bond donors (Lipinski definition) is 0. The van der Waals surface area contributed by atoms with Gasteiger partial charge in [-0.25, -0.2) is 28.4 Å². The number of carbonyl (C=O) groups excluding carboxylic acids is 6. The number of imide groups is 1. The lowest BCUT2D eigenvalue weighted by atomic mass is 9.92. The molecule has 17 heteroatoms. The van der Waals surface area contributed by atoms with Crippen LogP contribution in [-0.2, 0) is 33.3 Å². The van der Waals surface area contributed by atoms with Crippen molar-refractivity contribution in [1.82, 2.24) is 14.0 Å². The first-order chi connectivity index (χ1) is 37.6. The van der Waals surface area contributed by atoms with Gasteiger partial charge in [-0.2, -0.15) is 0 Å². The fourth-order valence-corrected chi connectivity index (χ4v) is 9.37. The molecule has 3 heterocycles. The third-order valence-corrected chi connectivity index (χ3v) is 15.5. The van der Waals surface area contributed by atoms with Gasteiger partial charge in [-0.15, -0.1) is 0 Å². The van der Waals surface area contributed by atoms with Crippen LogP contribution in [-0.4, -0.2) is 72.4 Å². The van der Waals surface area contributed by atoms with Gasteiger partial charge in [0, 0.05) is 31.6 Å². The molecule has 2 amide bonds. The highest BCUT2D eigenvalue weighted by atomic mass is 35.5. The van der Waals surface area contributed by atoms with Crippen LogP contribution in [0.15, 0.2) is 130 Å². The Morgan fingerprint density at radius 3 is 1.25 bits per heavy atom. The zero-order chi connectivity index (χ0) is 58.6. The lowest BCUT2D eigenvalue weighted by Crippen LogP contribution is -2.39. The Morgan fingerprint density at radius 2 is 0.838 bits per heavy atom. The third kappa shape index (κ3) is 11.0. The summed E-state index contributed by atoms with van der Waals surface area (Å²) in [5, 5.41) is 1.83. The van der Waals surface area contributed by atoms with Crippen LogP contribution in [0.3, 0.4) is 0 Å². The zero-order valence-corrected chi connectivity index (χ0v) is 48.3. The Morgan fingerprint density at radius 1 is 0.463 bits per heavy atom. The van der Waals surface area contributed by atoms with E-state index in [1.54, 1.807) is 152 Å². The number of ether oxygens (including phenoxy) is 4. The normalized spacial score (nSPS) is 14.9. The molecule has 2 aromatic heterocycles.